The van der Waals surface area contributed by atoms with Crippen molar-refractivity contribution in [3.63, 3.8) is 0 Å². The first-order chi connectivity index (χ1) is 12.5. The topological polar surface area (TPSA) is 86.4 Å². The molecule has 2 aliphatic rings. The van der Waals surface area contributed by atoms with Crippen LogP contribution in [0.2, 0.25) is 0 Å². The molecule has 4 rings (SSSR count). The molecule has 0 atom stereocenters. The molecule has 8 heteroatoms. The van der Waals surface area contributed by atoms with Gasteiger partial charge in [-0.1, -0.05) is 6.07 Å². The Morgan fingerprint density at radius 2 is 2.08 bits per heavy atom. The molecule has 1 amide bonds. The fourth-order valence-electron chi connectivity index (χ4n) is 3.49. The summed E-state index contributed by atoms with van der Waals surface area (Å²) in [7, 11) is -2.14. The maximum absolute atomic E-state index is 12.9. The van der Waals surface area contributed by atoms with E-state index in [1.165, 1.54) is 16.4 Å². The van der Waals surface area contributed by atoms with Crippen LogP contribution in [0.1, 0.15) is 40.2 Å². The third-order valence-electron chi connectivity index (χ3n) is 5.20. The number of aromatic amines is 1. The van der Waals surface area contributed by atoms with Crippen LogP contribution in [-0.4, -0.2) is 53.9 Å². The number of H-pyrrole nitrogens is 1. The van der Waals surface area contributed by atoms with Crippen LogP contribution in [0.5, 0.6) is 0 Å². The zero-order chi connectivity index (χ0) is 18.3. The van der Waals surface area contributed by atoms with Gasteiger partial charge >= 0.3 is 0 Å². The van der Waals surface area contributed by atoms with Gasteiger partial charge in [-0.05, 0) is 49.4 Å². The Hall–Kier alpha value is -2.19. The van der Waals surface area contributed by atoms with Gasteiger partial charge in [-0.25, -0.2) is 8.42 Å². The molecule has 0 bridgehead atoms. The van der Waals surface area contributed by atoms with Crippen molar-refractivity contribution in [2.75, 3.05) is 20.1 Å². The fraction of sp³-hybridized carbons (Fsp3) is 0.444. The lowest BCUT2D eigenvalue weighted by atomic mass is 10.1. The molecule has 0 spiro atoms. The summed E-state index contributed by atoms with van der Waals surface area (Å²) >= 11 is 0. The third-order valence-corrected chi connectivity index (χ3v) is 7.00. The van der Waals surface area contributed by atoms with E-state index in [1.807, 2.05) is 0 Å². The van der Waals surface area contributed by atoms with Gasteiger partial charge in [-0.2, -0.15) is 9.40 Å². The molecule has 2 heterocycles. The maximum atomic E-state index is 12.9. The highest BCUT2D eigenvalue weighted by atomic mass is 32.2. The normalized spacial score (nSPS) is 16.6. The second kappa shape index (κ2) is 6.51. The van der Waals surface area contributed by atoms with Gasteiger partial charge < -0.3 is 4.90 Å². The molecule has 1 aromatic carbocycles. The first-order valence-corrected chi connectivity index (χ1v) is 10.3. The van der Waals surface area contributed by atoms with Crippen molar-refractivity contribution in [2.45, 2.75) is 37.1 Å². The van der Waals surface area contributed by atoms with E-state index in [1.54, 1.807) is 24.1 Å². The quantitative estimate of drug-likeness (QED) is 0.861. The Morgan fingerprint density at radius 1 is 1.27 bits per heavy atom. The average molecular weight is 374 g/mol. The summed E-state index contributed by atoms with van der Waals surface area (Å²) in [4.78, 5) is 14.2. The van der Waals surface area contributed by atoms with Crippen molar-refractivity contribution in [3.05, 3.63) is 46.8 Å². The van der Waals surface area contributed by atoms with Gasteiger partial charge in [0.05, 0.1) is 17.1 Å². The van der Waals surface area contributed by atoms with Crippen molar-refractivity contribution >= 4 is 15.9 Å². The van der Waals surface area contributed by atoms with E-state index in [2.05, 4.69) is 10.2 Å². The summed E-state index contributed by atoms with van der Waals surface area (Å²) in [5, 5.41) is 7.29. The average Bonchev–Trinajstić information content (AvgIpc) is 3.18. The van der Waals surface area contributed by atoms with E-state index in [0.717, 1.165) is 55.7 Å². The van der Waals surface area contributed by atoms with Crippen molar-refractivity contribution < 1.29 is 13.2 Å². The number of likely N-dealkylation sites (tertiary alicyclic amines) is 1. The van der Waals surface area contributed by atoms with Crippen molar-refractivity contribution in [2.24, 2.45) is 0 Å². The van der Waals surface area contributed by atoms with Gasteiger partial charge in [0.25, 0.3) is 5.91 Å². The lowest BCUT2D eigenvalue weighted by molar-refractivity contribution is 0.0651. The lowest BCUT2D eigenvalue weighted by Crippen LogP contribution is -2.42. The molecule has 2 aromatic rings. The highest BCUT2D eigenvalue weighted by Crippen LogP contribution is 2.25. The van der Waals surface area contributed by atoms with Gasteiger partial charge in [0, 0.05) is 31.4 Å². The van der Waals surface area contributed by atoms with Crippen molar-refractivity contribution in [1.82, 2.24) is 19.4 Å². The Morgan fingerprint density at radius 3 is 2.81 bits per heavy atom. The number of fused-ring (bicyclic) bond motifs is 1. The highest BCUT2D eigenvalue weighted by Gasteiger charge is 2.27. The van der Waals surface area contributed by atoms with E-state index in [0.29, 0.717) is 5.56 Å². The molecule has 1 aliphatic carbocycles. The summed E-state index contributed by atoms with van der Waals surface area (Å²) in [6.45, 7) is 1.69. The molecule has 1 saturated heterocycles. The number of carbonyl (C=O) groups excluding carboxylic acids is 1. The molecule has 0 unspecified atom stereocenters. The van der Waals surface area contributed by atoms with E-state index in [9.17, 15) is 13.2 Å². The number of amides is 1. The van der Waals surface area contributed by atoms with Gasteiger partial charge in [-0.3, -0.25) is 9.89 Å². The van der Waals surface area contributed by atoms with Crippen LogP contribution in [0.3, 0.4) is 0 Å². The molecular formula is C18H22N4O3S. The van der Waals surface area contributed by atoms with E-state index < -0.39 is 10.0 Å². The number of hydrogen-bond acceptors (Lipinski definition) is 4. The van der Waals surface area contributed by atoms with Crippen LogP contribution in [0.4, 0.5) is 0 Å². The molecule has 0 saturated carbocycles. The Balaban J connectivity index is 1.56. The Labute approximate surface area is 153 Å². The minimum absolute atomic E-state index is 0.110. The molecule has 0 radical (unpaired) electrons. The van der Waals surface area contributed by atoms with Crippen molar-refractivity contribution in [3.8, 4) is 0 Å². The predicted molar refractivity (Wildman–Crippen MR) is 96.2 cm³/mol. The van der Waals surface area contributed by atoms with E-state index in [4.69, 9.17) is 0 Å². The zero-order valence-electron chi connectivity index (χ0n) is 14.7. The van der Waals surface area contributed by atoms with Gasteiger partial charge in [0.1, 0.15) is 0 Å². The van der Waals surface area contributed by atoms with E-state index >= 15 is 0 Å². The highest BCUT2D eigenvalue weighted by molar-refractivity contribution is 7.89. The standard InChI is InChI=1S/C18H22N4O3S/c1-21(12-17-15-7-3-8-16(15)19-20-17)26(24,25)14-6-2-5-13(11-14)18(23)22-9-4-10-22/h2,5-6,11H,3-4,7-10,12H2,1H3,(H,19,20). The van der Waals surface area contributed by atoms with Gasteiger partial charge in [0.15, 0.2) is 0 Å². The first-order valence-electron chi connectivity index (χ1n) is 8.87. The number of rotatable bonds is 5. The summed E-state index contributed by atoms with van der Waals surface area (Å²) in [6, 6.07) is 6.30. The molecule has 26 heavy (non-hydrogen) atoms. The number of aryl methyl sites for hydroxylation is 1. The maximum Gasteiger partial charge on any atom is 0.253 e. The second-order valence-corrected chi connectivity index (χ2v) is 8.96. The molecular weight excluding hydrogens is 352 g/mol. The summed E-state index contributed by atoms with van der Waals surface area (Å²) in [6.07, 6.45) is 3.99. The number of nitrogens with zero attached hydrogens (tertiary/aromatic N) is 3. The number of sulfonamides is 1. The lowest BCUT2D eigenvalue weighted by Gasteiger charge is -2.31. The minimum atomic E-state index is -3.69. The predicted octanol–water partition coefficient (Wildman–Crippen LogP) is 1.56. The molecule has 1 aromatic heterocycles. The Kier molecular flexibility index (Phi) is 4.32. The first kappa shape index (κ1) is 17.2. The number of hydrogen-bond donors (Lipinski definition) is 1. The Bertz CT molecular complexity index is 947. The SMILES string of the molecule is CN(Cc1n[nH]c2c1CCC2)S(=O)(=O)c1cccc(C(=O)N2CCC2)c1. The third kappa shape index (κ3) is 2.93. The number of benzene rings is 1. The molecule has 1 fully saturated rings. The molecule has 138 valence electrons. The second-order valence-electron chi connectivity index (χ2n) is 6.92. The van der Waals surface area contributed by atoms with Crippen LogP contribution in [-0.2, 0) is 29.4 Å². The monoisotopic (exact) mass is 374 g/mol. The number of aromatic nitrogens is 2. The fourth-order valence-corrected chi connectivity index (χ4v) is 4.66. The molecule has 7 nitrogen and oxygen atoms in total. The van der Waals surface area contributed by atoms with Crippen molar-refractivity contribution in [1.29, 1.82) is 0 Å². The minimum Gasteiger partial charge on any atom is -0.339 e. The van der Waals surface area contributed by atoms with Crippen LogP contribution in [0.15, 0.2) is 29.2 Å². The van der Waals surface area contributed by atoms with Gasteiger partial charge in [0.2, 0.25) is 10.0 Å². The molecule has 1 N–H and O–H groups in total. The largest absolute Gasteiger partial charge is 0.339 e. The molecule has 1 aliphatic heterocycles. The van der Waals surface area contributed by atoms with Crippen LogP contribution >= 0.6 is 0 Å². The van der Waals surface area contributed by atoms with E-state index in [-0.39, 0.29) is 17.3 Å². The summed E-state index contributed by atoms with van der Waals surface area (Å²) < 4.78 is 27.2. The van der Waals surface area contributed by atoms with Crippen LogP contribution in [0, 0.1) is 0 Å². The zero-order valence-corrected chi connectivity index (χ0v) is 15.6. The smallest absolute Gasteiger partial charge is 0.253 e. The number of carbonyl (C=O) groups is 1. The van der Waals surface area contributed by atoms with Crippen LogP contribution in [0.25, 0.3) is 0 Å². The summed E-state index contributed by atoms with van der Waals surface area (Å²) in [5.41, 5.74) is 3.47. The summed E-state index contributed by atoms with van der Waals surface area (Å²) in [5.74, 6) is -0.110. The number of nitrogens with one attached hydrogen (secondary N) is 1. The van der Waals surface area contributed by atoms with Crippen LogP contribution < -0.4 is 0 Å². The van der Waals surface area contributed by atoms with Gasteiger partial charge in [-0.15, -0.1) is 0 Å².